The maximum Gasteiger partial charge on any atom is 0.346 e. The number of amides is 2. The lowest BCUT2D eigenvalue weighted by Crippen LogP contribution is -2.21. The van der Waals surface area contributed by atoms with E-state index in [1.165, 1.54) is 9.36 Å². The van der Waals surface area contributed by atoms with Gasteiger partial charge in [0.15, 0.2) is 0 Å². The lowest BCUT2D eigenvalue weighted by molar-refractivity contribution is 0.250. The Balaban J connectivity index is 1.62. The van der Waals surface area contributed by atoms with Gasteiger partial charge in [-0.05, 0) is 62.1 Å². The first-order chi connectivity index (χ1) is 14.4. The molecular formula is C22H28N6O2. The summed E-state index contributed by atoms with van der Waals surface area (Å²) in [5, 5.41) is 14.2. The number of aromatic nitrogens is 4. The van der Waals surface area contributed by atoms with Gasteiger partial charge in [0.05, 0.1) is 11.4 Å². The Kier molecular flexibility index (Phi) is 6.66. The molecule has 0 saturated carbocycles. The van der Waals surface area contributed by atoms with E-state index < -0.39 is 0 Å². The quantitative estimate of drug-likeness (QED) is 0.615. The summed E-state index contributed by atoms with van der Waals surface area (Å²) in [4.78, 5) is 24.9. The topological polar surface area (TPSA) is 93.8 Å². The summed E-state index contributed by atoms with van der Waals surface area (Å²) in [6.07, 6.45) is 7.31. The Bertz CT molecular complexity index is 949. The Morgan fingerprint density at radius 3 is 1.47 bits per heavy atom. The number of nitrogens with zero attached hydrogens (tertiary/aromatic N) is 4. The first-order valence-electron chi connectivity index (χ1n) is 10.2. The molecule has 2 N–H and O–H groups in total. The van der Waals surface area contributed by atoms with E-state index >= 15 is 0 Å². The van der Waals surface area contributed by atoms with Crippen molar-refractivity contribution >= 4 is 23.4 Å². The molecule has 0 aliphatic rings. The van der Waals surface area contributed by atoms with Crippen LogP contribution in [0, 0.1) is 13.8 Å². The van der Waals surface area contributed by atoms with E-state index in [4.69, 9.17) is 0 Å². The molecule has 2 heterocycles. The number of carbonyl (C=O) groups is 2. The molecule has 0 bridgehead atoms. The molecule has 0 fully saturated rings. The number of hydrogen-bond donors (Lipinski definition) is 2. The van der Waals surface area contributed by atoms with Crippen molar-refractivity contribution in [3.8, 4) is 0 Å². The molecule has 8 nitrogen and oxygen atoms in total. The second-order valence-corrected chi connectivity index (χ2v) is 7.31. The van der Waals surface area contributed by atoms with E-state index in [0.29, 0.717) is 11.4 Å². The fourth-order valence-corrected chi connectivity index (χ4v) is 3.23. The molecular weight excluding hydrogens is 380 g/mol. The van der Waals surface area contributed by atoms with Gasteiger partial charge in [-0.15, -0.1) is 0 Å². The van der Waals surface area contributed by atoms with Crippen LogP contribution in [0.1, 0.15) is 49.2 Å². The van der Waals surface area contributed by atoms with E-state index in [2.05, 4.69) is 34.7 Å². The first-order valence-corrected chi connectivity index (χ1v) is 10.2. The zero-order valence-electron chi connectivity index (χ0n) is 17.9. The fourth-order valence-electron chi connectivity index (χ4n) is 3.23. The van der Waals surface area contributed by atoms with Crippen LogP contribution in [0.15, 0.2) is 36.7 Å². The van der Waals surface area contributed by atoms with Crippen molar-refractivity contribution in [1.29, 1.82) is 0 Å². The predicted molar refractivity (Wildman–Crippen MR) is 117 cm³/mol. The van der Waals surface area contributed by atoms with Crippen molar-refractivity contribution in [2.24, 2.45) is 0 Å². The maximum atomic E-state index is 12.4. The highest BCUT2D eigenvalue weighted by atomic mass is 16.2. The van der Waals surface area contributed by atoms with Crippen molar-refractivity contribution in [1.82, 2.24) is 19.6 Å². The minimum absolute atomic E-state index is 0.326. The van der Waals surface area contributed by atoms with Crippen molar-refractivity contribution in [3.05, 3.63) is 59.2 Å². The van der Waals surface area contributed by atoms with Crippen molar-refractivity contribution < 1.29 is 9.59 Å². The zero-order chi connectivity index (χ0) is 21.7. The molecule has 30 heavy (non-hydrogen) atoms. The summed E-state index contributed by atoms with van der Waals surface area (Å²) < 4.78 is 2.65. The third kappa shape index (κ3) is 4.94. The normalized spacial score (nSPS) is 10.8. The van der Waals surface area contributed by atoms with Gasteiger partial charge in [0.25, 0.3) is 0 Å². The highest BCUT2D eigenvalue weighted by molar-refractivity contribution is 5.92. The monoisotopic (exact) mass is 408 g/mol. The second-order valence-electron chi connectivity index (χ2n) is 7.31. The molecule has 0 atom stereocenters. The summed E-state index contributed by atoms with van der Waals surface area (Å²) in [5.74, 6) is 0. The summed E-state index contributed by atoms with van der Waals surface area (Å²) in [6.45, 7) is 7.99. The van der Waals surface area contributed by atoms with Crippen LogP contribution in [0.4, 0.5) is 21.0 Å². The SMILES string of the molecule is CCCc1cn(C(=O)Nc2ccc(NC(=O)n3cc(CCC)c(C)n3)cc2)nc1C. The van der Waals surface area contributed by atoms with Crippen molar-refractivity contribution in [2.75, 3.05) is 10.6 Å². The Morgan fingerprint density at radius 1 is 0.767 bits per heavy atom. The average Bonchev–Trinajstić information content (AvgIpc) is 3.27. The molecule has 0 aliphatic heterocycles. The van der Waals surface area contributed by atoms with Crippen LogP contribution >= 0.6 is 0 Å². The summed E-state index contributed by atoms with van der Waals surface area (Å²) in [7, 11) is 0. The van der Waals surface area contributed by atoms with Crippen LogP contribution < -0.4 is 10.6 Å². The number of rotatable bonds is 6. The summed E-state index contributed by atoms with van der Waals surface area (Å²) in [6, 6.07) is 6.27. The maximum absolute atomic E-state index is 12.4. The van der Waals surface area contributed by atoms with Crippen LogP contribution in [0.3, 0.4) is 0 Å². The fraction of sp³-hybridized carbons (Fsp3) is 0.364. The van der Waals surface area contributed by atoms with Crippen LogP contribution in [0.25, 0.3) is 0 Å². The minimum Gasteiger partial charge on any atom is -0.306 e. The molecule has 0 radical (unpaired) electrons. The first kappa shape index (κ1) is 21.3. The van der Waals surface area contributed by atoms with Crippen LogP contribution in [-0.4, -0.2) is 31.6 Å². The predicted octanol–water partition coefficient (Wildman–Crippen LogP) is 4.76. The molecule has 2 aromatic heterocycles. The van der Waals surface area contributed by atoms with Gasteiger partial charge in [-0.25, -0.2) is 9.59 Å². The van der Waals surface area contributed by atoms with E-state index in [9.17, 15) is 9.59 Å². The van der Waals surface area contributed by atoms with Gasteiger partial charge < -0.3 is 10.6 Å². The third-order valence-corrected chi connectivity index (χ3v) is 4.84. The molecule has 8 heteroatoms. The van der Waals surface area contributed by atoms with Gasteiger partial charge in [-0.1, -0.05) is 26.7 Å². The standard InChI is InChI=1S/C22H28N6O2/c1-5-7-17-13-27(25-15(17)3)21(29)23-19-9-11-20(12-10-19)24-22(30)28-14-18(8-6-2)16(4)26-28/h9-14H,5-8H2,1-4H3,(H,23,29)(H,24,30). The summed E-state index contributed by atoms with van der Waals surface area (Å²) >= 11 is 0. The number of carbonyl (C=O) groups excluding carboxylic acids is 2. The Hall–Kier alpha value is -3.42. The lowest BCUT2D eigenvalue weighted by atomic mass is 10.2. The van der Waals surface area contributed by atoms with Gasteiger partial charge in [0.1, 0.15) is 0 Å². The minimum atomic E-state index is -0.326. The molecule has 2 amide bonds. The molecule has 0 unspecified atom stereocenters. The number of anilines is 2. The second kappa shape index (κ2) is 9.39. The van der Waals surface area contributed by atoms with E-state index in [-0.39, 0.29) is 12.1 Å². The number of nitrogens with one attached hydrogen (secondary N) is 2. The molecule has 3 aromatic rings. The molecule has 3 rings (SSSR count). The molecule has 158 valence electrons. The smallest absolute Gasteiger partial charge is 0.306 e. The van der Waals surface area contributed by atoms with Gasteiger partial charge >= 0.3 is 12.1 Å². The van der Waals surface area contributed by atoms with Crippen LogP contribution in [0.5, 0.6) is 0 Å². The van der Waals surface area contributed by atoms with E-state index in [1.807, 2.05) is 13.8 Å². The van der Waals surface area contributed by atoms with E-state index in [1.54, 1.807) is 36.7 Å². The van der Waals surface area contributed by atoms with E-state index in [0.717, 1.165) is 48.2 Å². The Morgan fingerprint density at radius 2 is 1.13 bits per heavy atom. The highest BCUT2D eigenvalue weighted by Crippen LogP contribution is 2.16. The number of aryl methyl sites for hydroxylation is 4. The molecule has 0 saturated heterocycles. The molecule has 0 spiro atoms. The van der Waals surface area contributed by atoms with Crippen molar-refractivity contribution in [2.45, 2.75) is 53.4 Å². The average molecular weight is 409 g/mol. The van der Waals surface area contributed by atoms with Crippen molar-refractivity contribution in [3.63, 3.8) is 0 Å². The summed E-state index contributed by atoms with van der Waals surface area (Å²) in [5.41, 5.74) is 5.09. The third-order valence-electron chi connectivity index (χ3n) is 4.84. The van der Waals surface area contributed by atoms with Gasteiger partial charge in [-0.2, -0.15) is 19.6 Å². The zero-order valence-corrected chi connectivity index (χ0v) is 17.9. The van der Waals surface area contributed by atoms with Crippen LogP contribution in [-0.2, 0) is 12.8 Å². The number of hydrogen-bond acceptors (Lipinski definition) is 4. The van der Waals surface area contributed by atoms with Gasteiger partial charge in [0, 0.05) is 23.8 Å². The molecule has 0 aliphatic carbocycles. The van der Waals surface area contributed by atoms with Gasteiger partial charge in [0.2, 0.25) is 0 Å². The van der Waals surface area contributed by atoms with Gasteiger partial charge in [-0.3, -0.25) is 0 Å². The largest absolute Gasteiger partial charge is 0.346 e. The highest BCUT2D eigenvalue weighted by Gasteiger charge is 2.12. The molecule has 1 aromatic carbocycles. The lowest BCUT2D eigenvalue weighted by Gasteiger charge is -2.08. The van der Waals surface area contributed by atoms with Crippen LogP contribution in [0.2, 0.25) is 0 Å². The Labute approximate surface area is 176 Å². The number of benzene rings is 1.